The second-order valence-electron chi connectivity index (χ2n) is 24.8. The number of unbranched alkanes of at least 4 members (excludes halogenated alkanes) is 30. The largest absolute Gasteiger partial charge is 0.545 e. The standard InChI is InChI=1S/C73H114N4O6/c1-4-6-8-10-12-14-16-18-20-22-24-26-28-30-32-38-52-74-60(3)81-56-50-61-42-36-40-54-76(61)63-46-48-67-69(58-63)83-70-59-64(47-49-68(70)71(67)65-44-34-35-45-66(65)72(78)79)77-55-41-37-43-62(77)51-57-82-73(80)75-53-39-33-31-29-27-25-23-21-19-17-15-13-11-9-7-5-2/h34-35,44-49,58-59,61-62,74H,3-33,36-43,50-57H2,1-2H3,(H-,75,78,79,80). The molecule has 2 unspecified atom stereocenters. The fraction of sp³-hybridized carbons (Fsp3) is 0.685. The maximum atomic E-state index is 12.8. The summed E-state index contributed by atoms with van der Waals surface area (Å²) < 4.78 is 21.3. The van der Waals surface area contributed by atoms with Gasteiger partial charge in [0.05, 0.1) is 25.2 Å². The maximum Gasteiger partial charge on any atom is 0.407 e. The first-order valence-corrected chi connectivity index (χ1v) is 34.5. The van der Waals surface area contributed by atoms with E-state index in [2.05, 4.69) is 76.9 Å². The summed E-state index contributed by atoms with van der Waals surface area (Å²) >= 11 is 0. The number of anilines is 1. The fourth-order valence-corrected chi connectivity index (χ4v) is 13.1. The fourth-order valence-electron chi connectivity index (χ4n) is 13.1. The van der Waals surface area contributed by atoms with Gasteiger partial charge in [0.2, 0.25) is 5.36 Å². The van der Waals surface area contributed by atoms with Crippen molar-refractivity contribution in [2.45, 2.75) is 283 Å². The van der Waals surface area contributed by atoms with Gasteiger partial charge in [-0.15, -0.1) is 0 Å². The number of aromatic carboxylic acids is 1. The van der Waals surface area contributed by atoms with Gasteiger partial charge in [0, 0.05) is 91.3 Å². The number of carbonyl (C=O) groups excluding carboxylic acids is 2. The molecular formula is C73H114N4O6. The first kappa shape index (κ1) is 67.1. The van der Waals surface area contributed by atoms with Gasteiger partial charge in [0.1, 0.15) is 17.9 Å². The first-order valence-electron chi connectivity index (χ1n) is 34.5. The number of fused-ring (bicyclic) bond motifs is 2. The molecule has 0 aromatic heterocycles. The molecule has 0 radical (unpaired) electrons. The number of nitrogens with zero attached hydrogens (tertiary/aromatic N) is 2. The van der Waals surface area contributed by atoms with Crippen molar-refractivity contribution in [2.75, 3.05) is 44.3 Å². The Morgan fingerprint density at radius 1 is 0.590 bits per heavy atom. The molecule has 0 saturated carbocycles. The number of ether oxygens (including phenoxy) is 2. The number of rotatable bonds is 45. The van der Waals surface area contributed by atoms with Gasteiger partial charge in [0.15, 0.2) is 11.9 Å². The van der Waals surface area contributed by atoms with Crippen LogP contribution >= 0.6 is 0 Å². The van der Waals surface area contributed by atoms with E-state index in [1.54, 1.807) is 12.1 Å². The highest BCUT2D eigenvalue weighted by atomic mass is 16.5. The molecule has 0 spiro atoms. The molecule has 0 bridgehead atoms. The summed E-state index contributed by atoms with van der Waals surface area (Å²) in [6, 6.07) is 20.4. The zero-order valence-electron chi connectivity index (χ0n) is 52.5. The number of carboxylic acids is 1. The summed E-state index contributed by atoms with van der Waals surface area (Å²) in [5.41, 5.74) is 4.22. The Morgan fingerprint density at radius 2 is 1.13 bits per heavy atom. The molecule has 6 rings (SSSR count). The van der Waals surface area contributed by atoms with Crippen LogP contribution in [0.5, 0.6) is 0 Å². The van der Waals surface area contributed by atoms with Gasteiger partial charge in [0.25, 0.3) is 0 Å². The third-order valence-electron chi connectivity index (χ3n) is 18.1. The van der Waals surface area contributed by atoms with Crippen molar-refractivity contribution in [1.29, 1.82) is 0 Å². The topological polar surface area (TPSA) is 119 Å². The Hall–Kier alpha value is -4.99. The Bertz CT molecular complexity index is 2460. The number of nitrogens with one attached hydrogen (secondary N) is 2. The van der Waals surface area contributed by atoms with Gasteiger partial charge in [-0.2, -0.15) is 0 Å². The van der Waals surface area contributed by atoms with Crippen molar-refractivity contribution in [3.8, 4) is 22.5 Å². The van der Waals surface area contributed by atoms with Crippen LogP contribution in [-0.2, 0) is 9.47 Å². The SMILES string of the molecule is C=C(NCCCCCCCCCCCCCCCCCC)OCCC1CCCCN1c1ccc2c(-c3ccccc3C(=O)[O-])c3ccc(=[N+]4CCCCC4CCOC(=O)NCCCCCCCCCCCCCCCCCC)cc-3oc2c1. The van der Waals surface area contributed by atoms with Crippen LogP contribution in [0.15, 0.2) is 77.5 Å². The average Bonchev–Trinajstić information content (AvgIpc) is 3.39. The average molecular weight is 1140 g/mol. The highest BCUT2D eigenvalue weighted by molar-refractivity contribution is 6.07. The van der Waals surface area contributed by atoms with E-state index in [9.17, 15) is 14.7 Å². The summed E-state index contributed by atoms with van der Waals surface area (Å²) in [7, 11) is 0. The minimum absolute atomic E-state index is 0.150. The number of carboxylic acid groups (broad SMARTS) is 1. The van der Waals surface area contributed by atoms with Crippen molar-refractivity contribution in [1.82, 2.24) is 15.2 Å². The Balaban J connectivity index is 0.974. The van der Waals surface area contributed by atoms with E-state index in [1.165, 1.54) is 193 Å². The van der Waals surface area contributed by atoms with Crippen LogP contribution in [0.25, 0.3) is 33.4 Å². The molecule has 1 aliphatic carbocycles. The lowest BCUT2D eigenvalue weighted by molar-refractivity contribution is -0.254. The molecule has 3 aliphatic heterocycles. The normalized spacial score (nSPS) is 16.1. The van der Waals surface area contributed by atoms with Crippen molar-refractivity contribution in [3.63, 3.8) is 0 Å². The van der Waals surface area contributed by atoms with Crippen LogP contribution < -0.4 is 30.6 Å². The molecule has 2 atom stereocenters. The predicted octanol–water partition coefficient (Wildman–Crippen LogP) is 18.4. The van der Waals surface area contributed by atoms with E-state index in [1.807, 2.05) is 12.1 Å². The molecule has 2 aromatic rings. The Morgan fingerprint density at radius 3 is 1.72 bits per heavy atom. The van der Waals surface area contributed by atoms with Gasteiger partial charge in [-0.25, -0.2) is 9.37 Å². The van der Waals surface area contributed by atoms with E-state index in [-0.39, 0.29) is 17.7 Å². The van der Waals surface area contributed by atoms with Crippen molar-refractivity contribution in [2.24, 2.45) is 0 Å². The van der Waals surface area contributed by atoms with E-state index in [4.69, 9.17) is 13.9 Å². The third kappa shape index (κ3) is 24.9. The molecular weight excluding hydrogens is 1030 g/mol. The molecule has 10 nitrogen and oxygen atoms in total. The molecule has 4 aliphatic rings. The predicted molar refractivity (Wildman–Crippen MR) is 346 cm³/mol. The van der Waals surface area contributed by atoms with Gasteiger partial charge in [-0.05, 0) is 68.9 Å². The van der Waals surface area contributed by atoms with Crippen LogP contribution in [0.4, 0.5) is 10.5 Å². The summed E-state index contributed by atoms with van der Waals surface area (Å²) in [5.74, 6) is 0.148. The minimum Gasteiger partial charge on any atom is -0.545 e. The summed E-state index contributed by atoms with van der Waals surface area (Å²) in [6.45, 7) is 13.1. The number of alkyl carbamates (subject to hydrolysis) is 1. The van der Waals surface area contributed by atoms with E-state index in [0.717, 1.165) is 111 Å². The third-order valence-corrected chi connectivity index (χ3v) is 18.1. The second-order valence-corrected chi connectivity index (χ2v) is 24.8. The first-order chi connectivity index (χ1) is 40.9. The van der Waals surface area contributed by atoms with Crippen LogP contribution in [0.3, 0.4) is 0 Å². The van der Waals surface area contributed by atoms with Gasteiger partial charge in [-0.3, -0.25) is 0 Å². The van der Waals surface area contributed by atoms with E-state index < -0.39 is 5.97 Å². The summed E-state index contributed by atoms with van der Waals surface area (Å²) in [5, 5.41) is 21.0. The lowest BCUT2D eigenvalue weighted by atomic mass is 9.90. The van der Waals surface area contributed by atoms with Crippen LogP contribution in [-0.4, -0.2) is 63.5 Å². The minimum atomic E-state index is -1.21. The number of amides is 1. The molecule has 10 heteroatoms. The van der Waals surface area contributed by atoms with Crippen LogP contribution in [0.2, 0.25) is 0 Å². The molecule has 2 fully saturated rings. The van der Waals surface area contributed by atoms with Gasteiger partial charge >= 0.3 is 6.09 Å². The molecule has 83 heavy (non-hydrogen) atoms. The van der Waals surface area contributed by atoms with Gasteiger partial charge in [-0.1, -0.05) is 231 Å². The maximum absolute atomic E-state index is 12.8. The summed E-state index contributed by atoms with van der Waals surface area (Å²) in [6.07, 6.45) is 51.0. The van der Waals surface area contributed by atoms with Crippen LogP contribution in [0.1, 0.15) is 281 Å². The lowest BCUT2D eigenvalue weighted by Gasteiger charge is -2.38. The Labute approximate surface area is 503 Å². The second kappa shape index (κ2) is 41.1. The number of piperidine rings is 2. The van der Waals surface area contributed by atoms with Crippen molar-refractivity contribution < 1.29 is 28.6 Å². The molecule has 3 heterocycles. The smallest absolute Gasteiger partial charge is 0.407 e. The lowest BCUT2D eigenvalue weighted by Crippen LogP contribution is -2.43. The molecule has 2 N–H and O–H groups in total. The quantitative estimate of drug-likeness (QED) is 0.0194. The molecule has 2 saturated heterocycles. The van der Waals surface area contributed by atoms with E-state index in [0.29, 0.717) is 48.6 Å². The molecule has 462 valence electrons. The Kier molecular flexibility index (Phi) is 33.3. The number of benzene rings is 3. The van der Waals surface area contributed by atoms with E-state index >= 15 is 0 Å². The summed E-state index contributed by atoms with van der Waals surface area (Å²) in [4.78, 5) is 28.0. The highest BCUT2D eigenvalue weighted by Gasteiger charge is 2.29. The highest BCUT2D eigenvalue weighted by Crippen LogP contribution is 2.43. The van der Waals surface area contributed by atoms with Crippen molar-refractivity contribution >= 4 is 28.7 Å². The number of hydrogen-bond donors (Lipinski definition) is 2. The van der Waals surface area contributed by atoms with Crippen molar-refractivity contribution in [3.05, 3.63) is 84.0 Å². The van der Waals surface area contributed by atoms with Crippen LogP contribution in [0, 0.1) is 0 Å². The molecule has 2 aromatic carbocycles. The monoisotopic (exact) mass is 1140 g/mol. The number of carbonyl (C=O) groups is 2. The zero-order valence-corrected chi connectivity index (χ0v) is 52.5. The zero-order chi connectivity index (χ0) is 58.4. The number of hydrogen-bond acceptors (Lipinski definition) is 8. The van der Waals surface area contributed by atoms with Gasteiger partial charge < -0.3 is 39.3 Å². The molecule has 1 amide bonds.